The molecule has 1 saturated carbocycles. The van der Waals surface area contributed by atoms with Crippen LogP contribution in [-0.4, -0.2) is 10.5 Å². The largest absolute Gasteiger partial charge is 0.325 e. The molecule has 2 rings (SSSR count). The van der Waals surface area contributed by atoms with Crippen LogP contribution in [0.5, 0.6) is 0 Å². The van der Waals surface area contributed by atoms with Crippen LogP contribution in [0.3, 0.4) is 0 Å². The third-order valence-corrected chi connectivity index (χ3v) is 4.56. The van der Waals surface area contributed by atoms with E-state index in [0.29, 0.717) is 0 Å². The van der Waals surface area contributed by atoms with Gasteiger partial charge in [0.25, 0.3) is 0 Å². The second kappa shape index (κ2) is 5.28. The van der Waals surface area contributed by atoms with Crippen LogP contribution in [-0.2, 0) is 6.42 Å². The zero-order chi connectivity index (χ0) is 11.4. The van der Waals surface area contributed by atoms with Gasteiger partial charge >= 0.3 is 0 Å². The van der Waals surface area contributed by atoms with Crippen molar-refractivity contribution < 1.29 is 0 Å². The second-order valence-electron chi connectivity index (χ2n) is 5.20. The maximum atomic E-state index is 6.48. The average molecular weight is 238 g/mol. The van der Waals surface area contributed by atoms with Crippen molar-refractivity contribution in [3.63, 3.8) is 0 Å². The van der Waals surface area contributed by atoms with E-state index in [-0.39, 0.29) is 5.54 Å². The Bertz CT molecular complexity index is 300. The van der Waals surface area contributed by atoms with Crippen LogP contribution >= 0.6 is 11.3 Å². The van der Waals surface area contributed by atoms with E-state index in [1.807, 2.05) is 11.6 Å². The maximum absolute atomic E-state index is 6.48. The Labute approximate surface area is 102 Å². The quantitative estimate of drug-likeness (QED) is 0.873. The lowest BCUT2D eigenvalue weighted by Crippen LogP contribution is -2.45. The van der Waals surface area contributed by atoms with E-state index >= 15 is 0 Å². The highest BCUT2D eigenvalue weighted by molar-refractivity contribution is 7.09. The summed E-state index contributed by atoms with van der Waals surface area (Å²) >= 11 is 1.74. The molecule has 0 spiro atoms. The van der Waals surface area contributed by atoms with Crippen molar-refractivity contribution in [3.8, 4) is 0 Å². The van der Waals surface area contributed by atoms with Crippen LogP contribution in [0.2, 0.25) is 0 Å². The van der Waals surface area contributed by atoms with Gasteiger partial charge in [0.1, 0.15) is 0 Å². The van der Waals surface area contributed by atoms with Crippen LogP contribution < -0.4 is 5.73 Å². The molecule has 1 aliphatic rings. The predicted octanol–water partition coefficient (Wildman–Crippen LogP) is 3.37. The van der Waals surface area contributed by atoms with Crippen LogP contribution in [0.25, 0.3) is 0 Å². The van der Waals surface area contributed by atoms with Gasteiger partial charge in [-0.1, -0.05) is 19.8 Å². The minimum absolute atomic E-state index is 0.0299. The van der Waals surface area contributed by atoms with E-state index in [4.69, 9.17) is 5.73 Å². The molecular formula is C13H22N2S. The topological polar surface area (TPSA) is 38.9 Å². The molecule has 0 unspecified atom stereocenters. The summed E-state index contributed by atoms with van der Waals surface area (Å²) in [6, 6.07) is 0. The monoisotopic (exact) mass is 238 g/mol. The van der Waals surface area contributed by atoms with Crippen LogP contribution in [0.4, 0.5) is 0 Å². The zero-order valence-corrected chi connectivity index (χ0v) is 10.9. The van der Waals surface area contributed by atoms with E-state index in [0.717, 1.165) is 12.3 Å². The van der Waals surface area contributed by atoms with Crippen LogP contribution in [0.1, 0.15) is 50.5 Å². The molecule has 2 nitrogen and oxygen atoms in total. The summed E-state index contributed by atoms with van der Waals surface area (Å²) in [6.45, 7) is 2.28. The first-order valence-corrected chi connectivity index (χ1v) is 7.27. The molecule has 3 heteroatoms. The van der Waals surface area contributed by atoms with Gasteiger partial charge in [-0.3, -0.25) is 0 Å². The lowest BCUT2D eigenvalue weighted by molar-refractivity contribution is 0.223. The first kappa shape index (κ1) is 12.1. The highest BCUT2D eigenvalue weighted by Crippen LogP contribution is 2.35. The van der Waals surface area contributed by atoms with Crippen molar-refractivity contribution in [2.45, 2.75) is 57.4 Å². The van der Waals surface area contributed by atoms with Crippen LogP contribution in [0.15, 0.2) is 11.6 Å². The number of hydrogen-bond acceptors (Lipinski definition) is 3. The van der Waals surface area contributed by atoms with E-state index in [2.05, 4.69) is 11.9 Å². The summed E-state index contributed by atoms with van der Waals surface area (Å²) in [7, 11) is 0. The van der Waals surface area contributed by atoms with Gasteiger partial charge in [0, 0.05) is 23.5 Å². The van der Waals surface area contributed by atoms with Gasteiger partial charge < -0.3 is 5.73 Å². The molecule has 1 heterocycles. The van der Waals surface area contributed by atoms with Gasteiger partial charge in [0.05, 0.1) is 5.01 Å². The normalized spacial score (nSPS) is 30.5. The smallest absolute Gasteiger partial charge is 0.0943 e. The molecule has 0 atom stereocenters. The SMILES string of the molecule is CCCC1CCC(N)(Cc2nccs2)CC1. The molecule has 1 aromatic heterocycles. The minimum Gasteiger partial charge on any atom is -0.325 e. The molecular weight excluding hydrogens is 216 g/mol. The van der Waals surface area contributed by atoms with Gasteiger partial charge in [-0.05, 0) is 31.6 Å². The van der Waals surface area contributed by atoms with Gasteiger partial charge in [-0.15, -0.1) is 11.3 Å². The van der Waals surface area contributed by atoms with Crippen molar-refractivity contribution in [2.24, 2.45) is 11.7 Å². The molecule has 0 radical (unpaired) electrons. The fraction of sp³-hybridized carbons (Fsp3) is 0.769. The highest BCUT2D eigenvalue weighted by Gasteiger charge is 2.31. The Balaban J connectivity index is 1.86. The van der Waals surface area contributed by atoms with Crippen molar-refractivity contribution in [3.05, 3.63) is 16.6 Å². The summed E-state index contributed by atoms with van der Waals surface area (Å²) in [5, 5.41) is 3.25. The lowest BCUT2D eigenvalue weighted by Gasteiger charge is -2.36. The van der Waals surface area contributed by atoms with Gasteiger partial charge in [0.15, 0.2) is 0 Å². The predicted molar refractivity (Wildman–Crippen MR) is 69.6 cm³/mol. The molecule has 0 amide bonds. The maximum Gasteiger partial charge on any atom is 0.0943 e. The number of nitrogens with zero attached hydrogens (tertiary/aromatic N) is 1. The Morgan fingerprint density at radius 1 is 1.50 bits per heavy atom. The fourth-order valence-electron chi connectivity index (χ4n) is 2.77. The number of aromatic nitrogens is 1. The highest BCUT2D eigenvalue weighted by atomic mass is 32.1. The first-order valence-electron chi connectivity index (χ1n) is 6.39. The minimum atomic E-state index is 0.0299. The third-order valence-electron chi connectivity index (χ3n) is 3.78. The molecule has 90 valence electrons. The van der Waals surface area contributed by atoms with Crippen molar-refractivity contribution in [1.29, 1.82) is 0 Å². The molecule has 2 N–H and O–H groups in total. The molecule has 16 heavy (non-hydrogen) atoms. The summed E-state index contributed by atoms with van der Waals surface area (Å²) in [5.41, 5.74) is 6.51. The summed E-state index contributed by atoms with van der Waals surface area (Å²) in [6.07, 6.45) is 10.5. The van der Waals surface area contributed by atoms with Gasteiger partial charge in [0.2, 0.25) is 0 Å². The van der Waals surface area contributed by atoms with Crippen molar-refractivity contribution in [2.75, 3.05) is 0 Å². The number of thiazole rings is 1. The zero-order valence-electron chi connectivity index (χ0n) is 10.1. The lowest BCUT2D eigenvalue weighted by atomic mass is 9.74. The molecule has 0 aromatic carbocycles. The Kier molecular flexibility index (Phi) is 3.98. The average Bonchev–Trinajstić information content (AvgIpc) is 2.74. The van der Waals surface area contributed by atoms with Crippen molar-refractivity contribution in [1.82, 2.24) is 4.98 Å². The Morgan fingerprint density at radius 3 is 2.81 bits per heavy atom. The second-order valence-corrected chi connectivity index (χ2v) is 6.18. The summed E-state index contributed by atoms with van der Waals surface area (Å²) in [4.78, 5) is 4.35. The molecule has 1 aromatic rings. The van der Waals surface area contributed by atoms with E-state index in [1.165, 1.54) is 43.5 Å². The summed E-state index contributed by atoms with van der Waals surface area (Å²) < 4.78 is 0. The van der Waals surface area contributed by atoms with E-state index in [9.17, 15) is 0 Å². The summed E-state index contributed by atoms with van der Waals surface area (Å²) in [5.74, 6) is 0.929. The standard InChI is InChI=1S/C13H22N2S/c1-2-3-11-4-6-13(14,7-5-11)10-12-15-8-9-16-12/h8-9,11H,2-7,10,14H2,1H3. The molecule has 0 aliphatic heterocycles. The third kappa shape index (κ3) is 3.05. The van der Waals surface area contributed by atoms with Crippen molar-refractivity contribution >= 4 is 11.3 Å². The van der Waals surface area contributed by atoms with Gasteiger partial charge in [-0.2, -0.15) is 0 Å². The molecule has 0 saturated heterocycles. The number of nitrogens with two attached hydrogens (primary N) is 1. The Hall–Kier alpha value is -0.410. The van der Waals surface area contributed by atoms with E-state index < -0.39 is 0 Å². The fourth-order valence-corrected chi connectivity index (χ4v) is 3.54. The molecule has 1 fully saturated rings. The first-order chi connectivity index (χ1) is 7.72. The molecule has 0 bridgehead atoms. The van der Waals surface area contributed by atoms with E-state index in [1.54, 1.807) is 11.3 Å². The van der Waals surface area contributed by atoms with Crippen LogP contribution in [0, 0.1) is 5.92 Å². The van der Waals surface area contributed by atoms with Gasteiger partial charge in [-0.25, -0.2) is 4.98 Å². The Morgan fingerprint density at radius 2 is 2.25 bits per heavy atom. The number of hydrogen-bond donors (Lipinski definition) is 1. The molecule has 1 aliphatic carbocycles. The number of rotatable bonds is 4.